The number of carbonyl (C=O) groups excluding carboxylic acids is 1. The van der Waals surface area contributed by atoms with Crippen LogP contribution in [0.15, 0.2) is 24.3 Å². The summed E-state index contributed by atoms with van der Waals surface area (Å²) < 4.78 is 5.47. The molecule has 1 amide bonds. The molecule has 2 saturated heterocycles. The predicted molar refractivity (Wildman–Crippen MR) is 104 cm³/mol. The number of likely N-dealkylation sites (tertiary alicyclic amines) is 1. The molecular weight excluding hydrogens is 336 g/mol. The molecule has 2 aliphatic heterocycles. The summed E-state index contributed by atoms with van der Waals surface area (Å²) in [4.78, 5) is 14.9. The van der Waals surface area contributed by atoms with Crippen LogP contribution in [0.3, 0.4) is 0 Å². The SMILES string of the molecule is COc1ccccc1CC1CCCN1C(=O)CCC1CCNCC1.Cl. The summed E-state index contributed by atoms with van der Waals surface area (Å²) in [5.74, 6) is 2.02. The minimum absolute atomic E-state index is 0. The first-order valence-corrected chi connectivity index (χ1v) is 9.40. The quantitative estimate of drug-likeness (QED) is 0.838. The Kier molecular flexibility index (Phi) is 8.04. The number of hydrogen-bond acceptors (Lipinski definition) is 3. The number of nitrogens with zero attached hydrogens (tertiary/aromatic N) is 1. The van der Waals surface area contributed by atoms with Crippen molar-refractivity contribution in [2.24, 2.45) is 5.92 Å². The second-order valence-electron chi connectivity index (χ2n) is 7.13. The lowest BCUT2D eigenvalue weighted by Gasteiger charge is -2.27. The fourth-order valence-corrected chi connectivity index (χ4v) is 4.14. The minimum Gasteiger partial charge on any atom is -0.496 e. The average molecular weight is 367 g/mol. The van der Waals surface area contributed by atoms with E-state index in [1.54, 1.807) is 7.11 Å². The number of hydrogen-bond donors (Lipinski definition) is 1. The van der Waals surface area contributed by atoms with Gasteiger partial charge in [-0.25, -0.2) is 0 Å². The number of halogens is 1. The maximum Gasteiger partial charge on any atom is 0.222 e. The highest BCUT2D eigenvalue weighted by Gasteiger charge is 2.29. The van der Waals surface area contributed by atoms with Crippen molar-refractivity contribution in [1.29, 1.82) is 0 Å². The molecule has 2 heterocycles. The summed E-state index contributed by atoms with van der Waals surface area (Å²) in [5.41, 5.74) is 1.21. The third-order valence-corrected chi connectivity index (χ3v) is 5.57. The van der Waals surface area contributed by atoms with Gasteiger partial charge in [0.25, 0.3) is 0 Å². The third-order valence-electron chi connectivity index (χ3n) is 5.57. The number of amides is 1. The van der Waals surface area contributed by atoms with Gasteiger partial charge in [0.1, 0.15) is 5.75 Å². The number of nitrogens with one attached hydrogen (secondary N) is 1. The van der Waals surface area contributed by atoms with Crippen LogP contribution < -0.4 is 10.1 Å². The Morgan fingerprint density at radius 1 is 1.24 bits per heavy atom. The first-order chi connectivity index (χ1) is 11.8. The summed E-state index contributed by atoms with van der Waals surface area (Å²) >= 11 is 0. The van der Waals surface area contributed by atoms with Crippen LogP contribution >= 0.6 is 12.4 Å². The van der Waals surface area contributed by atoms with Gasteiger partial charge < -0.3 is 15.0 Å². The van der Waals surface area contributed by atoms with Gasteiger partial charge in [0, 0.05) is 19.0 Å². The molecule has 2 aliphatic rings. The van der Waals surface area contributed by atoms with E-state index < -0.39 is 0 Å². The Balaban J connectivity index is 0.00000225. The molecule has 0 aromatic heterocycles. The molecule has 1 aromatic rings. The van der Waals surface area contributed by atoms with Gasteiger partial charge in [0.05, 0.1) is 7.11 Å². The van der Waals surface area contributed by atoms with E-state index in [-0.39, 0.29) is 12.4 Å². The fourth-order valence-electron chi connectivity index (χ4n) is 4.14. The minimum atomic E-state index is 0. The summed E-state index contributed by atoms with van der Waals surface area (Å²) in [6.45, 7) is 3.14. The zero-order chi connectivity index (χ0) is 16.8. The fraction of sp³-hybridized carbons (Fsp3) is 0.650. The predicted octanol–water partition coefficient (Wildman–Crippen LogP) is 3.43. The molecule has 0 saturated carbocycles. The molecule has 1 unspecified atom stereocenters. The van der Waals surface area contributed by atoms with E-state index in [4.69, 9.17) is 4.74 Å². The highest BCUT2D eigenvalue weighted by Crippen LogP contribution is 2.27. The molecule has 25 heavy (non-hydrogen) atoms. The maximum absolute atomic E-state index is 12.7. The van der Waals surface area contributed by atoms with E-state index in [0.29, 0.717) is 18.4 Å². The second kappa shape index (κ2) is 10.0. The van der Waals surface area contributed by atoms with Crippen molar-refractivity contribution < 1.29 is 9.53 Å². The van der Waals surface area contributed by atoms with Crippen LogP contribution in [-0.2, 0) is 11.2 Å². The zero-order valence-electron chi connectivity index (χ0n) is 15.2. The molecular formula is C20H31ClN2O2. The molecule has 0 bridgehead atoms. The van der Waals surface area contributed by atoms with Crippen molar-refractivity contribution in [3.8, 4) is 5.75 Å². The van der Waals surface area contributed by atoms with Crippen LogP contribution in [0, 0.1) is 5.92 Å². The van der Waals surface area contributed by atoms with Gasteiger partial charge in [0.15, 0.2) is 0 Å². The van der Waals surface area contributed by atoms with Crippen LogP contribution in [0.5, 0.6) is 5.75 Å². The second-order valence-corrected chi connectivity index (χ2v) is 7.13. The largest absolute Gasteiger partial charge is 0.496 e. The molecule has 2 fully saturated rings. The molecule has 1 atom stereocenters. The average Bonchev–Trinajstić information content (AvgIpc) is 3.09. The Labute approximate surface area is 157 Å². The molecule has 0 radical (unpaired) electrons. The molecule has 0 spiro atoms. The third kappa shape index (κ3) is 5.35. The van der Waals surface area contributed by atoms with Crippen LogP contribution in [0.2, 0.25) is 0 Å². The van der Waals surface area contributed by atoms with Gasteiger partial charge in [-0.3, -0.25) is 4.79 Å². The molecule has 1 aromatic carbocycles. The number of benzene rings is 1. The van der Waals surface area contributed by atoms with E-state index in [1.165, 1.54) is 18.4 Å². The highest BCUT2D eigenvalue weighted by atomic mass is 35.5. The van der Waals surface area contributed by atoms with E-state index >= 15 is 0 Å². The van der Waals surface area contributed by atoms with E-state index in [0.717, 1.165) is 57.0 Å². The summed E-state index contributed by atoms with van der Waals surface area (Å²) in [7, 11) is 1.72. The number of piperidine rings is 1. The van der Waals surface area contributed by atoms with E-state index in [9.17, 15) is 4.79 Å². The molecule has 3 rings (SSSR count). The van der Waals surface area contributed by atoms with Crippen molar-refractivity contribution in [1.82, 2.24) is 10.2 Å². The Morgan fingerprint density at radius 2 is 2.00 bits per heavy atom. The normalized spacial score (nSPS) is 21.0. The molecule has 1 N–H and O–H groups in total. The number of methoxy groups -OCH3 is 1. The summed E-state index contributed by atoms with van der Waals surface area (Å²) in [6, 6.07) is 8.51. The maximum atomic E-state index is 12.7. The molecule has 4 nitrogen and oxygen atoms in total. The van der Waals surface area contributed by atoms with E-state index in [2.05, 4.69) is 22.3 Å². The first-order valence-electron chi connectivity index (χ1n) is 9.40. The van der Waals surface area contributed by atoms with Crippen molar-refractivity contribution in [2.45, 2.75) is 51.0 Å². The van der Waals surface area contributed by atoms with Crippen molar-refractivity contribution in [3.05, 3.63) is 29.8 Å². The number of carbonyl (C=O) groups is 1. The topological polar surface area (TPSA) is 41.6 Å². The van der Waals surface area contributed by atoms with Gasteiger partial charge in [-0.15, -0.1) is 12.4 Å². The number of rotatable bonds is 6. The van der Waals surface area contributed by atoms with Crippen molar-refractivity contribution in [3.63, 3.8) is 0 Å². The van der Waals surface area contributed by atoms with Gasteiger partial charge in [-0.05, 0) is 69.2 Å². The van der Waals surface area contributed by atoms with Crippen molar-refractivity contribution in [2.75, 3.05) is 26.7 Å². The van der Waals surface area contributed by atoms with Crippen LogP contribution in [-0.4, -0.2) is 43.6 Å². The van der Waals surface area contributed by atoms with Crippen molar-refractivity contribution >= 4 is 18.3 Å². The van der Waals surface area contributed by atoms with Gasteiger partial charge in [-0.2, -0.15) is 0 Å². The van der Waals surface area contributed by atoms with Crippen LogP contribution in [0.1, 0.15) is 44.1 Å². The van der Waals surface area contributed by atoms with Crippen LogP contribution in [0.25, 0.3) is 0 Å². The lowest BCUT2D eigenvalue weighted by Crippen LogP contribution is -2.37. The number of para-hydroxylation sites is 1. The lowest BCUT2D eigenvalue weighted by atomic mass is 9.93. The summed E-state index contributed by atoms with van der Waals surface area (Å²) in [6.07, 6.45) is 7.35. The number of ether oxygens (including phenoxy) is 1. The van der Waals surface area contributed by atoms with Gasteiger partial charge in [0.2, 0.25) is 5.91 Å². The standard InChI is InChI=1S/C20H30N2O2.ClH/c1-24-19-7-3-2-5-17(19)15-18-6-4-14-22(18)20(23)9-8-16-10-12-21-13-11-16;/h2-3,5,7,16,18,21H,4,6,8-15H2,1H3;1H. The van der Waals surface area contributed by atoms with Gasteiger partial charge in [-0.1, -0.05) is 18.2 Å². The smallest absolute Gasteiger partial charge is 0.222 e. The molecule has 0 aliphatic carbocycles. The lowest BCUT2D eigenvalue weighted by molar-refractivity contribution is -0.132. The van der Waals surface area contributed by atoms with E-state index in [1.807, 2.05) is 12.1 Å². The monoisotopic (exact) mass is 366 g/mol. The zero-order valence-corrected chi connectivity index (χ0v) is 16.0. The van der Waals surface area contributed by atoms with Gasteiger partial charge >= 0.3 is 0 Å². The Bertz CT molecular complexity index is 546. The first kappa shape index (κ1) is 20.1. The Morgan fingerprint density at radius 3 is 2.76 bits per heavy atom. The van der Waals surface area contributed by atoms with Crippen LogP contribution in [0.4, 0.5) is 0 Å². The Hall–Kier alpha value is -1.26. The highest BCUT2D eigenvalue weighted by molar-refractivity contribution is 5.85. The molecule has 5 heteroatoms. The summed E-state index contributed by atoms with van der Waals surface area (Å²) in [5, 5.41) is 3.40. The molecule has 140 valence electrons.